The lowest BCUT2D eigenvalue weighted by Gasteiger charge is -2.30. The molecule has 1 N–H and O–H groups in total. The Morgan fingerprint density at radius 3 is 2.68 bits per heavy atom. The molecule has 0 amide bonds. The Labute approximate surface area is 152 Å². The van der Waals surface area contributed by atoms with E-state index in [-0.39, 0.29) is 9.96 Å². The molecule has 2 aromatic rings. The largest absolute Gasteiger partial charge is 0.279 e. The first-order valence-electron chi connectivity index (χ1n) is 8.03. The normalized spacial score (nSPS) is 15.0. The van der Waals surface area contributed by atoms with Crippen molar-refractivity contribution in [3.63, 3.8) is 0 Å². The number of fused-ring (bicyclic) bond motifs is 1. The van der Waals surface area contributed by atoms with E-state index in [1.54, 1.807) is 35.7 Å². The Kier molecular flexibility index (Phi) is 5.08. The molecule has 1 aliphatic heterocycles. The third-order valence-corrected chi connectivity index (χ3v) is 8.72. The quantitative estimate of drug-likeness (QED) is 0.808. The smallest absolute Gasteiger partial charge is 0.271 e. The summed E-state index contributed by atoms with van der Waals surface area (Å²) >= 11 is 1.15. The predicted molar refractivity (Wildman–Crippen MR) is 101 cm³/mol. The van der Waals surface area contributed by atoms with Gasteiger partial charge in [0.1, 0.15) is 4.21 Å². The lowest BCUT2D eigenvalue weighted by Crippen LogP contribution is -2.37. The van der Waals surface area contributed by atoms with Crippen LogP contribution < -0.4 is 9.03 Å². The Hall–Kier alpha value is -1.58. The maximum atomic E-state index is 12.4. The van der Waals surface area contributed by atoms with Gasteiger partial charge < -0.3 is 0 Å². The number of hydrogen-bond donors (Lipinski definition) is 1. The Balaban J connectivity index is 1.90. The highest BCUT2D eigenvalue weighted by Crippen LogP contribution is 2.32. The van der Waals surface area contributed by atoms with Crippen molar-refractivity contribution in [2.45, 2.75) is 30.4 Å². The zero-order valence-electron chi connectivity index (χ0n) is 13.8. The molecule has 0 atom stereocenters. The van der Waals surface area contributed by atoms with Crippen molar-refractivity contribution in [1.29, 1.82) is 0 Å². The summed E-state index contributed by atoms with van der Waals surface area (Å²) in [6.07, 6.45) is 2.01. The molecule has 0 bridgehead atoms. The molecule has 0 saturated carbocycles. The second-order valence-electron chi connectivity index (χ2n) is 5.87. The summed E-state index contributed by atoms with van der Waals surface area (Å²) in [5, 5.41) is 1.71. The van der Waals surface area contributed by atoms with E-state index in [4.69, 9.17) is 0 Å². The fraction of sp³-hybridized carbons (Fsp3) is 0.375. The number of rotatable bonds is 6. The molecule has 1 aromatic carbocycles. The summed E-state index contributed by atoms with van der Waals surface area (Å²) in [5.74, 6) is 0.110. The minimum absolute atomic E-state index is 0.110. The van der Waals surface area contributed by atoms with Crippen LogP contribution in [0.2, 0.25) is 0 Å². The lowest BCUT2D eigenvalue weighted by molar-refractivity contribution is 0.585. The van der Waals surface area contributed by atoms with Crippen LogP contribution in [0.3, 0.4) is 0 Å². The van der Waals surface area contributed by atoms with Crippen LogP contribution in [0.5, 0.6) is 0 Å². The highest BCUT2D eigenvalue weighted by atomic mass is 32.2. The average Bonchev–Trinajstić information content (AvgIpc) is 3.09. The molecule has 136 valence electrons. The number of sulfonamides is 2. The summed E-state index contributed by atoms with van der Waals surface area (Å²) in [6, 6.07) is 8.26. The number of nitrogens with one attached hydrogen (secondary N) is 1. The van der Waals surface area contributed by atoms with E-state index < -0.39 is 20.0 Å². The van der Waals surface area contributed by atoms with Crippen molar-refractivity contribution in [3.05, 3.63) is 41.3 Å². The first kappa shape index (κ1) is 18.2. The highest BCUT2D eigenvalue weighted by molar-refractivity contribution is 7.94. The average molecular weight is 401 g/mol. The summed E-state index contributed by atoms with van der Waals surface area (Å²) in [6.45, 7) is 2.31. The van der Waals surface area contributed by atoms with E-state index in [9.17, 15) is 16.8 Å². The SMILES string of the molecule is CCCS(=O)(=O)N1CCCc2cc(NS(=O)(=O)c3cccs3)ccc21. The van der Waals surface area contributed by atoms with Crippen molar-refractivity contribution in [2.75, 3.05) is 21.3 Å². The van der Waals surface area contributed by atoms with Crippen molar-refractivity contribution >= 4 is 42.8 Å². The van der Waals surface area contributed by atoms with Crippen molar-refractivity contribution in [2.24, 2.45) is 0 Å². The molecule has 9 heteroatoms. The van der Waals surface area contributed by atoms with Crippen LogP contribution in [0, 0.1) is 0 Å². The monoisotopic (exact) mass is 400 g/mol. The molecular formula is C16H20N2O4S3. The molecule has 0 spiro atoms. The molecular weight excluding hydrogens is 380 g/mol. The maximum Gasteiger partial charge on any atom is 0.271 e. The predicted octanol–water partition coefficient (Wildman–Crippen LogP) is 3.04. The Morgan fingerprint density at radius 1 is 1.20 bits per heavy atom. The summed E-state index contributed by atoms with van der Waals surface area (Å²) in [4.78, 5) is 0. The van der Waals surface area contributed by atoms with Crippen LogP contribution in [0.25, 0.3) is 0 Å². The minimum atomic E-state index is -3.61. The Bertz CT molecular complexity index is 951. The number of hydrogen-bond acceptors (Lipinski definition) is 5. The van der Waals surface area contributed by atoms with Gasteiger partial charge in [-0.05, 0) is 54.5 Å². The van der Waals surface area contributed by atoms with Crippen LogP contribution in [-0.4, -0.2) is 29.1 Å². The maximum absolute atomic E-state index is 12.4. The van der Waals surface area contributed by atoms with E-state index in [0.29, 0.717) is 24.3 Å². The van der Waals surface area contributed by atoms with Gasteiger partial charge in [-0.1, -0.05) is 13.0 Å². The van der Waals surface area contributed by atoms with Gasteiger partial charge in [-0.15, -0.1) is 11.3 Å². The van der Waals surface area contributed by atoms with Crippen LogP contribution in [-0.2, 0) is 26.5 Å². The summed E-state index contributed by atoms with van der Waals surface area (Å²) < 4.78 is 53.8. The lowest BCUT2D eigenvalue weighted by atomic mass is 10.0. The molecule has 3 rings (SSSR count). The minimum Gasteiger partial charge on any atom is -0.279 e. The summed E-state index contributed by atoms with van der Waals surface area (Å²) in [7, 11) is -6.94. The van der Waals surface area contributed by atoms with Gasteiger partial charge in [0.2, 0.25) is 10.0 Å². The van der Waals surface area contributed by atoms with E-state index >= 15 is 0 Å². The van der Waals surface area contributed by atoms with Gasteiger partial charge >= 0.3 is 0 Å². The van der Waals surface area contributed by atoms with Crippen LogP contribution in [0.1, 0.15) is 25.3 Å². The number of thiophene rings is 1. The first-order chi connectivity index (χ1) is 11.8. The molecule has 0 fully saturated rings. The van der Waals surface area contributed by atoms with Gasteiger partial charge in [-0.25, -0.2) is 16.8 Å². The molecule has 0 unspecified atom stereocenters. The zero-order valence-corrected chi connectivity index (χ0v) is 16.3. The van der Waals surface area contributed by atoms with E-state index in [2.05, 4.69) is 4.72 Å². The van der Waals surface area contributed by atoms with Crippen LogP contribution in [0.4, 0.5) is 11.4 Å². The van der Waals surface area contributed by atoms with E-state index in [0.717, 1.165) is 29.7 Å². The molecule has 1 aromatic heterocycles. The van der Waals surface area contributed by atoms with Gasteiger partial charge in [0.15, 0.2) is 0 Å². The summed E-state index contributed by atoms with van der Waals surface area (Å²) in [5.41, 5.74) is 1.94. The molecule has 0 aliphatic carbocycles. The number of aryl methyl sites for hydroxylation is 1. The van der Waals surface area contributed by atoms with Gasteiger partial charge in [0, 0.05) is 12.2 Å². The molecule has 0 saturated heterocycles. The number of anilines is 2. The fourth-order valence-electron chi connectivity index (χ4n) is 2.91. The van der Waals surface area contributed by atoms with Crippen molar-refractivity contribution in [1.82, 2.24) is 0 Å². The van der Waals surface area contributed by atoms with Gasteiger partial charge in [0.25, 0.3) is 10.0 Å². The standard InChI is InChI=1S/C16H20N2O4S3/c1-2-11-24(19,20)18-9-3-5-13-12-14(7-8-15(13)18)17-25(21,22)16-6-4-10-23-16/h4,6-8,10,12,17H,2-3,5,9,11H2,1H3. The molecule has 1 aliphatic rings. The van der Waals surface area contributed by atoms with Crippen LogP contribution >= 0.6 is 11.3 Å². The highest BCUT2D eigenvalue weighted by Gasteiger charge is 2.27. The van der Waals surface area contributed by atoms with E-state index in [1.165, 1.54) is 4.31 Å². The molecule has 2 heterocycles. The second-order valence-corrected chi connectivity index (χ2v) is 10.7. The van der Waals surface area contributed by atoms with Crippen molar-refractivity contribution in [3.8, 4) is 0 Å². The number of nitrogens with zero attached hydrogens (tertiary/aromatic N) is 1. The second kappa shape index (κ2) is 6.97. The zero-order chi connectivity index (χ0) is 18.1. The number of benzene rings is 1. The topological polar surface area (TPSA) is 83.6 Å². The Morgan fingerprint density at radius 2 is 2.00 bits per heavy atom. The molecule has 6 nitrogen and oxygen atoms in total. The fourth-order valence-corrected chi connectivity index (χ4v) is 6.57. The van der Waals surface area contributed by atoms with Gasteiger partial charge in [0.05, 0.1) is 11.4 Å². The van der Waals surface area contributed by atoms with Crippen LogP contribution in [0.15, 0.2) is 39.9 Å². The molecule has 0 radical (unpaired) electrons. The molecule has 25 heavy (non-hydrogen) atoms. The third kappa shape index (κ3) is 3.83. The van der Waals surface area contributed by atoms with Gasteiger partial charge in [-0.2, -0.15) is 0 Å². The van der Waals surface area contributed by atoms with Crippen molar-refractivity contribution < 1.29 is 16.8 Å². The first-order valence-corrected chi connectivity index (χ1v) is 12.0. The van der Waals surface area contributed by atoms with Gasteiger partial charge in [-0.3, -0.25) is 9.03 Å². The third-order valence-electron chi connectivity index (χ3n) is 3.97. The van der Waals surface area contributed by atoms with E-state index in [1.807, 2.05) is 6.92 Å².